The molecule has 3 rings (SSSR count). The molecule has 0 saturated heterocycles. The van der Waals surface area contributed by atoms with Crippen molar-refractivity contribution < 1.29 is 17.7 Å². The van der Waals surface area contributed by atoms with E-state index in [1.165, 1.54) is 18.2 Å². The van der Waals surface area contributed by atoms with Crippen LogP contribution in [0.25, 0.3) is 0 Å². The fourth-order valence-corrected chi connectivity index (χ4v) is 3.02. The van der Waals surface area contributed by atoms with Crippen LogP contribution in [-0.4, -0.2) is 19.5 Å². The van der Waals surface area contributed by atoms with Crippen LogP contribution in [0.2, 0.25) is 0 Å². The topological polar surface area (TPSA) is 101 Å². The first-order valence-corrected chi connectivity index (χ1v) is 7.31. The van der Waals surface area contributed by atoms with Gasteiger partial charge in [0.15, 0.2) is 5.82 Å². The molecule has 20 heavy (non-hydrogen) atoms. The van der Waals surface area contributed by atoms with Crippen molar-refractivity contribution in [1.82, 2.24) is 5.16 Å². The number of rotatable bonds is 3. The number of hydrogen-bond donors (Lipinski definition) is 2. The maximum Gasteiger partial charge on any atom is 0.263 e. The SMILES string of the molecule is Cc1cc(NS(=O)(=O)c2ccc3c(c2)CC(=O)N3)no1. The Kier molecular flexibility index (Phi) is 2.75. The number of amides is 1. The minimum absolute atomic E-state index is 0.0772. The highest BCUT2D eigenvalue weighted by Crippen LogP contribution is 2.26. The van der Waals surface area contributed by atoms with Crippen LogP contribution in [0, 0.1) is 6.92 Å². The van der Waals surface area contributed by atoms with Gasteiger partial charge in [-0.15, -0.1) is 0 Å². The molecule has 0 saturated carbocycles. The van der Waals surface area contributed by atoms with Gasteiger partial charge < -0.3 is 9.84 Å². The van der Waals surface area contributed by atoms with Gasteiger partial charge in [-0.1, -0.05) is 5.16 Å². The number of hydrogen-bond acceptors (Lipinski definition) is 5. The van der Waals surface area contributed by atoms with Gasteiger partial charge in [-0.05, 0) is 30.7 Å². The Bertz CT molecular complexity index is 795. The van der Waals surface area contributed by atoms with Crippen molar-refractivity contribution in [3.63, 3.8) is 0 Å². The summed E-state index contributed by atoms with van der Waals surface area (Å²) in [5, 5.41) is 6.23. The third-order valence-electron chi connectivity index (χ3n) is 2.88. The van der Waals surface area contributed by atoms with Crippen LogP contribution in [0.15, 0.2) is 33.7 Å². The van der Waals surface area contributed by atoms with E-state index in [9.17, 15) is 13.2 Å². The largest absolute Gasteiger partial charge is 0.360 e. The van der Waals surface area contributed by atoms with Crippen LogP contribution in [0.5, 0.6) is 0 Å². The van der Waals surface area contributed by atoms with E-state index < -0.39 is 10.0 Å². The Morgan fingerprint density at radius 2 is 2.15 bits per heavy atom. The summed E-state index contributed by atoms with van der Waals surface area (Å²) >= 11 is 0. The number of carbonyl (C=O) groups is 1. The van der Waals surface area contributed by atoms with E-state index in [0.29, 0.717) is 17.0 Å². The lowest BCUT2D eigenvalue weighted by atomic mass is 10.2. The highest BCUT2D eigenvalue weighted by molar-refractivity contribution is 7.92. The number of fused-ring (bicyclic) bond motifs is 1. The zero-order chi connectivity index (χ0) is 14.3. The standard InChI is InChI=1S/C12H11N3O4S/c1-7-4-11(14-19-7)15-20(17,18)9-2-3-10-8(5-9)6-12(16)13-10/h2-5H,6H2,1H3,(H,13,16)(H,14,15). The van der Waals surface area contributed by atoms with E-state index in [1.807, 2.05) is 0 Å². The van der Waals surface area contributed by atoms with Crippen molar-refractivity contribution in [1.29, 1.82) is 0 Å². The van der Waals surface area contributed by atoms with Gasteiger partial charge in [-0.2, -0.15) is 0 Å². The van der Waals surface area contributed by atoms with Crippen LogP contribution in [0.1, 0.15) is 11.3 Å². The third-order valence-corrected chi connectivity index (χ3v) is 4.23. The van der Waals surface area contributed by atoms with Gasteiger partial charge in [0.05, 0.1) is 11.3 Å². The van der Waals surface area contributed by atoms with Crippen molar-refractivity contribution in [3.8, 4) is 0 Å². The average molecular weight is 293 g/mol. The van der Waals surface area contributed by atoms with Crippen molar-refractivity contribution in [2.45, 2.75) is 18.2 Å². The summed E-state index contributed by atoms with van der Waals surface area (Å²) in [6.45, 7) is 1.66. The summed E-state index contributed by atoms with van der Waals surface area (Å²) in [6, 6.07) is 5.96. The molecule has 0 aliphatic carbocycles. The molecule has 0 fully saturated rings. The average Bonchev–Trinajstić information content (AvgIpc) is 2.92. The normalized spacial score (nSPS) is 13.9. The van der Waals surface area contributed by atoms with Gasteiger partial charge >= 0.3 is 0 Å². The van der Waals surface area contributed by atoms with E-state index in [0.717, 1.165) is 0 Å². The van der Waals surface area contributed by atoms with E-state index in [4.69, 9.17) is 4.52 Å². The van der Waals surface area contributed by atoms with Crippen molar-refractivity contribution in [2.24, 2.45) is 0 Å². The quantitative estimate of drug-likeness (QED) is 0.887. The van der Waals surface area contributed by atoms with E-state index in [-0.39, 0.29) is 23.0 Å². The fourth-order valence-electron chi connectivity index (χ4n) is 1.98. The summed E-state index contributed by atoms with van der Waals surface area (Å²) in [4.78, 5) is 11.3. The van der Waals surface area contributed by atoms with Gasteiger partial charge in [0.1, 0.15) is 5.76 Å². The zero-order valence-electron chi connectivity index (χ0n) is 10.5. The summed E-state index contributed by atoms with van der Waals surface area (Å²) in [5.74, 6) is 0.485. The molecular weight excluding hydrogens is 282 g/mol. The number of nitrogens with one attached hydrogen (secondary N) is 2. The van der Waals surface area contributed by atoms with Gasteiger partial charge in [-0.3, -0.25) is 9.52 Å². The molecule has 2 N–H and O–H groups in total. The van der Waals surface area contributed by atoms with Crippen LogP contribution < -0.4 is 10.0 Å². The Morgan fingerprint density at radius 3 is 2.85 bits per heavy atom. The number of aromatic nitrogens is 1. The Hall–Kier alpha value is -2.35. The van der Waals surface area contributed by atoms with Crippen LogP contribution in [-0.2, 0) is 21.2 Å². The highest BCUT2D eigenvalue weighted by atomic mass is 32.2. The highest BCUT2D eigenvalue weighted by Gasteiger charge is 2.22. The number of anilines is 2. The maximum atomic E-state index is 12.2. The molecule has 2 heterocycles. The Balaban J connectivity index is 1.92. The van der Waals surface area contributed by atoms with Crippen molar-refractivity contribution >= 4 is 27.4 Å². The smallest absolute Gasteiger partial charge is 0.263 e. The number of carbonyl (C=O) groups excluding carboxylic acids is 1. The fraction of sp³-hybridized carbons (Fsp3) is 0.167. The molecule has 2 aromatic rings. The third kappa shape index (κ3) is 2.25. The minimum atomic E-state index is -3.75. The number of nitrogens with zero attached hydrogens (tertiary/aromatic N) is 1. The number of aryl methyl sites for hydroxylation is 1. The van der Waals surface area contributed by atoms with Crippen molar-refractivity contribution in [3.05, 3.63) is 35.6 Å². The molecule has 0 unspecified atom stereocenters. The molecule has 0 bridgehead atoms. The van der Waals surface area contributed by atoms with Crippen LogP contribution in [0.4, 0.5) is 11.5 Å². The molecular formula is C12H11N3O4S. The second-order valence-electron chi connectivity index (χ2n) is 4.47. The predicted octanol–water partition coefficient (Wildman–Crippen LogP) is 1.28. The van der Waals surface area contributed by atoms with Gasteiger partial charge in [0.25, 0.3) is 10.0 Å². The Morgan fingerprint density at radius 1 is 1.35 bits per heavy atom. The van der Waals surface area contributed by atoms with E-state index in [2.05, 4.69) is 15.2 Å². The number of sulfonamides is 1. The van der Waals surface area contributed by atoms with Crippen LogP contribution >= 0.6 is 0 Å². The summed E-state index contributed by atoms with van der Waals surface area (Å²) in [5.41, 5.74) is 1.31. The van der Waals surface area contributed by atoms with Gasteiger partial charge in [0, 0.05) is 11.8 Å². The molecule has 104 valence electrons. The summed E-state index contributed by atoms with van der Waals surface area (Å²) in [6.07, 6.45) is 0.182. The summed E-state index contributed by atoms with van der Waals surface area (Å²) < 4.78 is 31.5. The number of benzene rings is 1. The molecule has 1 aromatic heterocycles. The second kappa shape index (κ2) is 4.34. The van der Waals surface area contributed by atoms with Gasteiger partial charge in [-0.25, -0.2) is 8.42 Å². The molecule has 0 radical (unpaired) electrons. The zero-order valence-corrected chi connectivity index (χ0v) is 11.3. The molecule has 0 atom stereocenters. The molecule has 1 aromatic carbocycles. The van der Waals surface area contributed by atoms with Gasteiger partial charge in [0.2, 0.25) is 5.91 Å². The molecule has 0 spiro atoms. The first-order chi connectivity index (χ1) is 9.44. The predicted molar refractivity (Wildman–Crippen MR) is 70.8 cm³/mol. The molecule has 1 aliphatic rings. The maximum absolute atomic E-state index is 12.2. The molecule has 8 heteroatoms. The second-order valence-corrected chi connectivity index (χ2v) is 6.15. The molecule has 1 aliphatic heterocycles. The lowest BCUT2D eigenvalue weighted by Gasteiger charge is -2.06. The van der Waals surface area contributed by atoms with E-state index in [1.54, 1.807) is 13.0 Å². The Labute approximate surface area is 115 Å². The van der Waals surface area contributed by atoms with Crippen molar-refractivity contribution in [2.75, 3.05) is 10.0 Å². The lowest BCUT2D eigenvalue weighted by molar-refractivity contribution is -0.115. The first-order valence-electron chi connectivity index (χ1n) is 5.83. The molecule has 1 amide bonds. The summed E-state index contributed by atoms with van der Waals surface area (Å²) in [7, 11) is -3.75. The monoisotopic (exact) mass is 293 g/mol. The van der Waals surface area contributed by atoms with E-state index >= 15 is 0 Å². The minimum Gasteiger partial charge on any atom is -0.360 e. The first kappa shape index (κ1) is 12.7. The lowest BCUT2D eigenvalue weighted by Crippen LogP contribution is -2.13. The van der Waals surface area contributed by atoms with Crippen LogP contribution in [0.3, 0.4) is 0 Å². The molecule has 7 nitrogen and oxygen atoms in total.